The fourth-order valence-corrected chi connectivity index (χ4v) is 3.46. The standard InChI is InChI=1S/C9H15FO2S/c10-13(11,12)8-2-6-9(7-3-8)4-1-5-9/h8H,1-7H2. The Kier molecular flexibility index (Phi) is 2.13. The van der Waals surface area contributed by atoms with E-state index in [9.17, 15) is 12.3 Å². The molecule has 1 spiro atoms. The van der Waals surface area contributed by atoms with Gasteiger partial charge in [-0.25, -0.2) is 0 Å². The molecule has 2 nitrogen and oxygen atoms in total. The van der Waals surface area contributed by atoms with Gasteiger partial charge in [0.1, 0.15) is 0 Å². The molecule has 0 aromatic heterocycles. The van der Waals surface area contributed by atoms with Gasteiger partial charge in [0.15, 0.2) is 0 Å². The molecular formula is C9H15FO2S. The minimum Gasteiger partial charge on any atom is -0.195 e. The second-order valence-electron chi connectivity index (χ2n) is 4.53. The van der Waals surface area contributed by atoms with E-state index in [-0.39, 0.29) is 0 Å². The third kappa shape index (κ3) is 1.73. The summed E-state index contributed by atoms with van der Waals surface area (Å²) in [4.78, 5) is 0. The molecule has 0 aromatic carbocycles. The first-order valence-corrected chi connectivity index (χ1v) is 6.40. The van der Waals surface area contributed by atoms with Crippen LogP contribution in [-0.4, -0.2) is 13.7 Å². The molecular weight excluding hydrogens is 191 g/mol. The van der Waals surface area contributed by atoms with Crippen LogP contribution >= 0.6 is 0 Å². The molecule has 0 N–H and O–H groups in total. The molecule has 0 amide bonds. The van der Waals surface area contributed by atoms with E-state index in [2.05, 4.69) is 0 Å². The van der Waals surface area contributed by atoms with Crippen molar-refractivity contribution in [1.29, 1.82) is 0 Å². The number of halogens is 1. The van der Waals surface area contributed by atoms with Crippen LogP contribution in [0.3, 0.4) is 0 Å². The Balaban J connectivity index is 1.96. The van der Waals surface area contributed by atoms with E-state index in [4.69, 9.17) is 0 Å². The van der Waals surface area contributed by atoms with E-state index in [0.29, 0.717) is 18.3 Å². The first-order chi connectivity index (χ1) is 6.02. The van der Waals surface area contributed by atoms with E-state index in [1.54, 1.807) is 0 Å². The smallest absolute Gasteiger partial charge is 0.195 e. The van der Waals surface area contributed by atoms with Crippen LogP contribution in [0.2, 0.25) is 0 Å². The van der Waals surface area contributed by atoms with Crippen LogP contribution in [-0.2, 0) is 10.2 Å². The van der Waals surface area contributed by atoms with Crippen LogP contribution in [0.15, 0.2) is 0 Å². The van der Waals surface area contributed by atoms with E-state index in [1.807, 2.05) is 0 Å². The van der Waals surface area contributed by atoms with Crippen molar-refractivity contribution in [3.05, 3.63) is 0 Å². The number of hydrogen-bond acceptors (Lipinski definition) is 2. The van der Waals surface area contributed by atoms with Gasteiger partial charge in [-0.05, 0) is 43.9 Å². The van der Waals surface area contributed by atoms with Crippen molar-refractivity contribution in [2.75, 3.05) is 0 Å². The predicted molar refractivity (Wildman–Crippen MR) is 48.6 cm³/mol. The quantitative estimate of drug-likeness (QED) is 0.617. The van der Waals surface area contributed by atoms with Crippen LogP contribution < -0.4 is 0 Å². The summed E-state index contributed by atoms with van der Waals surface area (Å²) >= 11 is 0. The maximum Gasteiger partial charge on any atom is 0.305 e. The fourth-order valence-electron chi connectivity index (χ4n) is 2.66. The van der Waals surface area contributed by atoms with Gasteiger partial charge in [-0.3, -0.25) is 0 Å². The van der Waals surface area contributed by atoms with E-state index < -0.39 is 15.5 Å². The molecule has 0 heterocycles. The summed E-state index contributed by atoms with van der Waals surface area (Å²) in [6, 6.07) is 0. The Hall–Kier alpha value is -0.120. The zero-order valence-corrected chi connectivity index (χ0v) is 8.45. The lowest BCUT2D eigenvalue weighted by Crippen LogP contribution is -2.37. The zero-order valence-electron chi connectivity index (χ0n) is 7.63. The molecule has 0 bridgehead atoms. The molecule has 2 aliphatic rings. The normalized spacial score (nSPS) is 28.7. The summed E-state index contributed by atoms with van der Waals surface area (Å²) in [5.41, 5.74) is 0.418. The van der Waals surface area contributed by atoms with E-state index in [0.717, 1.165) is 12.8 Å². The lowest BCUT2D eigenvalue weighted by Gasteiger charge is -2.46. The average Bonchev–Trinajstić information content (AvgIpc) is 2.00. The molecule has 13 heavy (non-hydrogen) atoms. The average molecular weight is 206 g/mol. The molecule has 4 heteroatoms. The van der Waals surface area contributed by atoms with Crippen molar-refractivity contribution < 1.29 is 12.3 Å². The van der Waals surface area contributed by atoms with Crippen LogP contribution in [0, 0.1) is 5.41 Å². The second-order valence-corrected chi connectivity index (χ2v) is 6.15. The van der Waals surface area contributed by atoms with E-state index in [1.165, 1.54) is 19.3 Å². The Morgan fingerprint density at radius 3 is 1.92 bits per heavy atom. The lowest BCUT2D eigenvalue weighted by molar-refractivity contribution is 0.0782. The van der Waals surface area contributed by atoms with Crippen LogP contribution in [0.4, 0.5) is 3.89 Å². The molecule has 0 radical (unpaired) electrons. The SMILES string of the molecule is O=S(=O)(F)C1CCC2(CCC2)CC1. The van der Waals surface area contributed by atoms with Gasteiger partial charge < -0.3 is 0 Å². The van der Waals surface area contributed by atoms with Gasteiger partial charge in [0.25, 0.3) is 0 Å². The van der Waals surface area contributed by atoms with Gasteiger partial charge in [0, 0.05) is 0 Å². The highest BCUT2D eigenvalue weighted by Crippen LogP contribution is 2.52. The van der Waals surface area contributed by atoms with Crippen LogP contribution in [0.1, 0.15) is 44.9 Å². The first kappa shape index (κ1) is 9.44. The third-order valence-corrected chi connectivity index (χ3v) is 5.07. The Morgan fingerprint density at radius 2 is 1.62 bits per heavy atom. The van der Waals surface area contributed by atoms with E-state index >= 15 is 0 Å². The number of hydrogen-bond donors (Lipinski definition) is 0. The highest BCUT2D eigenvalue weighted by Gasteiger charge is 2.42. The van der Waals surface area contributed by atoms with Gasteiger partial charge in [0.05, 0.1) is 5.25 Å². The van der Waals surface area contributed by atoms with Crippen molar-refractivity contribution >= 4 is 10.2 Å². The van der Waals surface area contributed by atoms with Gasteiger partial charge in [0.2, 0.25) is 0 Å². The maximum atomic E-state index is 12.6. The molecule has 0 unspecified atom stereocenters. The molecule has 2 saturated carbocycles. The first-order valence-electron chi connectivity index (χ1n) is 4.95. The van der Waals surface area contributed by atoms with Crippen molar-refractivity contribution in [1.82, 2.24) is 0 Å². The number of rotatable bonds is 1. The highest BCUT2D eigenvalue weighted by molar-refractivity contribution is 7.87. The molecule has 0 atom stereocenters. The zero-order chi connectivity index (χ0) is 9.53. The molecule has 0 aromatic rings. The summed E-state index contributed by atoms with van der Waals surface area (Å²) < 4.78 is 33.9. The van der Waals surface area contributed by atoms with Crippen LogP contribution in [0.25, 0.3) is 0 Å². The fraction of sp³-hybridized carbons (Fsp3) is 1.00. The minimum absolute atomic E-state index is 0.418. The van der Waals surface area contributed by atoms with Crippen LogP contribution in [0.5, 0.6) is 0 Å². The molecule has 2 rings (SSSR count). The monoisotopic (exact) mass is 206 g/mol. The maximum absolute atomic E-state index is 12.6. The summed E-state index contributed by atoms with van der Waals surface area (Å²) in [5.74, 6) is 0. The molecule has 76 valence electrons. The van der Waals surface area contributed by atoms with Gasteiger partial charge in [-0.1, -0.05) is 6.42 Å². The molecule has 0 saturated heterocycles. The Bertz CT molecular complexity index is 283. The lowest BCUT2D eigenvalue weighted by atomic mass is 9.61. The Morgan fingerprint density at radius 1 is 1.08 bits per heavy atom. The minimum atomic E-state index is -4.26. The summed E-state index contributed by atoms with van der Waals surface area (Å²) in [6.07, 6.45) is 6.64. The van der Waals surface area contributed by atoms with Gasteiger partial charge in [-0.2, -0.15) is 8.42 Å². The van der Waals surface area contributed by atoms with Crippen molar-refractivity contribution in [2.24, 2.45) is 5.41 Å². The van der Waals surface area contributed by atoms with Crippen molar-refractivity contribution in [3.63, 3.8) is 0 Å². The molecule has 0 aliphatic heterocycles. The summed E-state index contributed by atoms with van der Waals surface area (Å²) in [6.45, 7) is 0. The summed E-state index contributed by atoms with van der Waals surface area (Å²) in [5, 5.41) is -0.696. The molecule has 2 aliphatic carbocycles. The van der Waals surface area contributed by atoms with Crippen molar-refractivity contribution in [3.8, 4) is 0 Å². The molecule has 2 fully saturated rings. The topological polar surface area (TPSA) is 34.1 Å². The highest BCUT2D eigenvalue weighted by atomic mass is 32.3. The summed E-state index contributed by atoms with van der Waals surface area (Å²) in [7, 11) is -4.26. The largest absolute Gasteiger partial charge is 0.305 e. The Labute approximate surface area is 78.7 Å². The van der Waals surface area contributed by atoms with Gasteiger partial charge >= 0.3 is 10.2 Å². The second kappa shape index (κ2) is 2.94. The third-order valence-electron chi connectivity index (χ3n) is 3.81. The van der Waals surface area contributed by atoms with Crippen molar-refractivity contribution in [2.45, 2.75) is 50.2 Å². The van der Waals surface area contributed by atoms with Gasteiger partial charge in [-0.15, -0.1) is 3.89 Å². The predicted octanol–water partition coefficient (Wildman–Crippen LogP) is 2.40.